The van der Waals surface area contributed by atoms with Crippen LogP contribution in [0.5, 0.6) is 0 Å². The molecule has 0 aliphatic heterocycles. The summed E-state index contributed by atoms with van der Waals surface area (Å²) < 4.78 is 6.72. The van der Waals surface area contributed by atoms with Crippen molar-refractivity contribution in [3.8, 4) is 0 Å². The first-order valence-electron chi connectivity index (χ1n) is 10.0. The summed E-state index contributed by atoms with van der Waals surface area (Å²) in [4.78, 5) is 30.2. The minimum atomic E-state index is -0.128. The van der Waals surface area contributed by atoms with Crippen LogP contribution in [0.15, 0.2) is 58.5 Å². The van der Waals surface area contributed by atoms with Crippen LogP contribution >= 0.6 is 11.8 Å². The maximum atomic E-state index is 12.9. The Balaban J connectivity index is 1.80. The number of anilines is 1. The van der Waals surface area contributed by atoms with Crippen molar-refractivity contribution in [2.75, 3.05) is 24.8 Å². The zero-order valence-electron chi connectivity index (χ0n) is 17.6. The number of methoxy groups -OCH3 is 1. The van der Waals surface area contributed by atoms with Crippen LogP contribution in [-0.4, -0.2) is 34.9 Å². The molecule has 1 amide bonds. The Bertz CT molecular complexity index is 1080. The van der Waals surface area contributed by atoms with Crippen molar-refractivity contribution in [1.82, 2.24) is 9.55 Å². The van der Waals surface area contributed by atoms with Crippen LogP contribution in [0, 0.1) is 0 Å². The molecule has 1 atom stereocenters. The molecule has 6 nitrogen and oxygen atoms in total. The monoisotopic (exact) mass is 425 g/mol. The van der Waals surface area contributed by atoms with E-state index in [0.717, 1.165) is 17.7 Å². The molecule has 0 saturated carbocycles. The topological polar surface area (TPSA) is 73.2 Å². The number of carbonyl (C=O) groups is 1. The molecule has 0 aliphatic rings. The van der Waals surface area contributed by atoms with E-state index >= 15 is 0 Å². The number of nitrogens with one attached hydrogen (secondary N) is 1. The standard InChI is InChI=1S/C23H27N3O3S/c1-4-16(2)17-9-5-7-11-19(17)24-21(27)15-30-23-25-20-12-8-6-10-18(20)22(28)26(23)13-14-29-3/h5-12,16H,4,13-15H2,1-3H3,(H,24,27)/t16-/m0/s1. The van der Waals surface area contributed by atoms with Gasteiger partial charge in [0.2, 0.25) is 5.91 Å². The van der Waals surface area contributed by atoms with Crippen molar-refractivity contribution in [1.29, 1.82) is 0 Å². The highest BCUT2D eigenvalue weighted by Crippen LogP contribution is 2.27. The highest BCUT2D eigenvalue weighted by Gasteiger charge is 2.15. The van der Waals surface area contributed by atoms with Crippen LogP contribution in [-0.2, 0) is 16.1 Å². The highest BCUT2D eigenvalue weighted by molar-refractivity contribution is 7.99. The van der Waals surface area contributed by atoms with Gasteiger partial charge < -0.3 is 10.1 Å². The van der Waals surface area contributed by atoms with Crippen molar-refractivity contribution < 1.29 is 9.53 Å². The lowest BCUT2D eigenvalue weighted by Gasteiger charge is -2.16. The number of hydrogen-bond donors (Lipinski definition) is 1. The Kier molecular flexibility index (Phi) is 7.65. The SMILES string of the molecule is CC[C@H](C)c1ccccc1NC(=O)CSc1nc2ccccc2c(=O)n1CCOC. The number of benzene rings is 2. The second-order valence-corrected chi connectivity index (χ2v) is 8.04. The molecule has 0 radical (unpaired) electrons. The molecule has 0 spiro atoms. The second kappa shape index (κ2) is 10.4. The quantitative estimate of drug-likeness (QED) is 0.409. The van der Waals surface area contributed by atoms with E-state index in [9.17, 15) is 9.59 Å². The van der Waals surface area contributed by atoms with E-state index in [-0.39, 0.29) is 17.2 Å². The summed E-state index contributed by atoms with van der Waals surface area (Å²) in [6.45, 7) is 5.05. The van der Waals surface area contributed by atoms with Gasteiger partial charge >= 0.3 is 0 Å². The highest BCUT2D eigenvalue weighted by atomic mass is 32.2. The average molecular weight is 426 g/mol. The molecular weight excluding hydrogens is 398 g/mol. The van der Waals surface area contributed by atoms with E-state index in [1.807, 2.05) is 42.5 Å². The summed E-state index contributed by atoms with van der Waals surface area (Å²) >= 11 is 1.26. The molecule has 1 aromatic heterocycles. The van der Waals surface area contributed by atoms with Gasteiger partial charge in [0, 0.05) is 12.8 Å². The van der Waals surface area contributed by atoms with Gasteiger partial charge in [0.05, 0.1) is 29.8 Å². The third-order valence-corrected chi connectivity index (χ3v) is 6.03. The molecule has 158 valence electrons. The predicted molar refractivity (Wildman–Crippen MR) is 122 cm³/mol. The van der Waals surface area contributed by atoms with E-state index in [1.165, 1.54) is 11.8 Å². The summed E-state index contributed by atoms with van der Waals surface area (Å²) in [6, 6.07) is 15.1. The van der Waals surface area contributed by atoms with E-state index in [2.05, 4.69) is 24.1 Å². The van der Waals surface area contributed by atoms with E-state index in [0.29, 0.717) is 35.1 Å². The minimum Gasteiger partial charge on any atom is -0.383 e. The summed E-state index contributed by atoms with van der Waals surface area (Å²) in [5.41, 5.74) is 2.46. The van der Waals surface area contributed by atoms with Crippen LogP contribution in [0.1, 0.15) is 31.7 Å². The van der Waals surface area contributed by atoms with Crippen LogP contribution in [0.3, 0.4) is 0 Å². The summed E-state index contributed by atoms with van der Waals surface area (Å²) in [5.74, 6) is 0.388. The first-order chi connectivity index (χ1) is 14.5. The Labute approximate surface area is 180 Å². The lowest BCUT2D eigenvalue weighted by atomic mass is 9.97. The normalized spacial score (nSPS) is 12.1. The molecule has 30 heavy (non-hydrogen) atoms. The Morgan fingerprint density at radius 2 is 1.93 bits per heavy atom. The molecule has 2 aromatic carbocycles. The van der Waals surface area contributed by atoms with Crippen LogP contribution in [0.4, 0.5) is 5.69 Å². The minimum absolute atomic E-state index is 0.123. The van der Waals surface area contributed by atoms with E-state index in [1.54, 1.807) is 17.7 Å². The number of hydrogen-bond acceptors (Lipinski definition) is 5. The molecule has 0 unspecified atom stereocenters. The molecule has 0 fully saturated rings. The third kappa shape index (κ3) is 5.09. The van der Waals surface area contributed by atoms with Crippen molar-refractivity contribution in [2.24, 2.45) is 0 Å². The van der Waals surface area contributed by atoms with Crippen LogP contribution in [0.25, 0.3) is 10.9 Å². The van der Waals surface area contributed by atoms with Gasteiger partial charge in [-0.05, 0) is 36.1 Å². The number of thioether (sulfide) groups is 1. The lowest BCUT2D eigenvalue weighted by molar-refractivity contribution is -0.113. The molecular formula is C23H27N3O3S. The van der Waals surface area contributed by atoms with Crippen molar-refractivity contribution >= 4 is 34.3 Å². The average Bonchev–Trinajstić information content (AvgIpc) is 2.77. The zero-order chi connectivity index (χ0) is 21.5. The fraction of sp³-hybridized carbons (Fsp3) is 0.348. The summed E-state index contributed by atoms with van der Waals surface area (Å²) in [5, 5.41) is 4.09. The Morgan fingerprint density at radius 1 is 1.20 bits per heavy atom. The zero-order valence-corrected chi connectivity index (χ0v) is 18.4. The fourth-order valence-corrected chi connectivity index (χ4v) is 4.04. The van der Waals surface area contributed by atoms with Gasteiger partial charge in [-0.15, -0.1) is 0 Å². The van der Waals surface area contributed by atoms with Gasteiger partial charge in [0.15, 0.2) is 5.16 Å². The van der Waals surface area contributed by atoms with E-state index < -0.39 is 0 Å². The van der Waals surface area contributed by atoms with Gasteiger partial charge in [-0.2, -0.15) is 0 Å². The number of rotatable bonds is 9. The summed E-state index contributed by atoms with van der Waals surface area (Å²) in [6.07, 6.45) is 0.994. The largest absolute Gasteiger partial charge is 0.383 e. The van der Waals surface area contributed by atoms with Gasteiger partial charge in [0.1, 0.15) is 0 Å². The molecule has 1 heterocycles. The third-order valence-electron chi connectivity index (χ3n) is 5.06. The molecule has 3 rings (SSSR count). The summed E-state index contributed by atoms with van der Waals surface area (Å²) in [7, 11) is 1.59. The number of para-hydroxylation sites is 2. The van der Waals surface area contributed by atoms with Gasteiger partial charge in [-0.3, -0.25) is 14.2 Å². The van der Waals surface area contributed by atoms with Crippen molar-refractivity contribution in [2.45, 2.75) is 37.9 Å². The maximum absolute atomic E-state index is 12.9. The smallest absolute Gasteiger partial charge is 0.262 e. The number of carbonyl (C=O) groups excluding carboxylic acids is 1. The first kappa shape index (κ1) is 22.1. The molecule has 1 N–H and O–H groups in total. The van der Waals surface area contributed by atoms with Gasteiger partial charge in [-0.1, -0.05) is 55.9 Å². The second-order valence-electron chi connectivity index (χ2n) is 7.09. The molecule has 7 heteroatoms. The molecule has 0 aliphatic carbocycles. The molecule has 3 aromatic rings. The molecule has 0 bridgehead atoms. The van der Waals surface area contributed by atoms with Crippen molar-refractivity contribution in [3.05, 3.63) is 64.4 Å². The first-order valence-corrected chi connectivity index (χ1v) is 11.0. The number of aromatic nitrogens is 2. The van der Waals surface area contributed by atoms with Crippen LogP contribution in [0.2, 0.25) is 0 Å². The Hall–Kier alpha value is -2.64. The number of ether oxygens (including phenoxy) is 1. The van der Waals surface area contributed by atoms with Gasteiger partial charge in [-0.25, -0.2) is 4.98 Å². The van der Waals surface area contributed by atoms with Crippen molar-refractivity contribution in [3.63, 3.8) is 0 Å². The predicted octanol–water partition coefficient (Wildman–Crippen LogP) is 4.29. The number of fused-ring (bicyclic) bond motifs is 1. The van der Waals surface area contributed by atoms with E-state index in [4.69, 9.17) is 4.74 Å². The maximum Gasteiger partial charge on any atom is 0.262 e. The number of amides is 1. The molecule has 0 saturated heterocycles. The fourth-order valence-electron chi connectivity index (χ4n) is 3.21. The number of nitrogens with zero attached hydrogens (tertiary/aromatic N) is 2. The lowest BCUT2D eigenvalue weighted by Crippen LogP contribution is -2.26. The van der Waals surface area contributed by atoms with Crippen LogP contribution < -0.4 is 10.9 Å². The Morgan fingerprint density at radius 3 is 2.70 bits per heavy atom. The van der Waals surface area contributed by atoms with Gasteiger partial charge in [0.25, 0.3) is 5.56 Å².